The Balaban J connectivity index is 1.39. The van der Waals surface area contributed by atoms with Gasteiger partial charge in [0, 0.05) is 26.2 Å². The average molecular weight is 505 g/mol. The van der Waals surface area contributed by atoms with Crippen molar-refractivity contribution in [3.8, 4) is 5.75 Å². The number of carbonyl (C=O) groups is 2. The van der Waals surface area contributed by atoms with Crippen LogP contribution < -0.4 is 4.74 Å². The largest absolute Gasteiger partial charge is 0.503 e. The highest BCUT2D eigenvalue weighted by molar-refractivity contribution is 7.12. The molecule has 1 aromatic heterocycles. The van der Waals surface area contributed by atoms with Crippen LogP contribution in [0.2, 0.25) is 0 Å². The molecule has 2 aliphatic heterocycles. The van der Waals surface area contributed by atoms with Gasteiger partial charge in [-0.1, -0.05) is 48.5 Å². The van der Waals surface area contributed by atoms with Gasteiger partial charge >= 0.3 is 0 Å². The summed E-state index contributed by atoms with van der Waals surface area (Å²) in [4.78, 5) is 30.9. The maximum Gasteiger partial charge on any atom is 0.290 e. The van der Waals surface area contributed by atoms with E-state index in [-0.39, 0.29) is 11.4 Å². The van der Waals surface area contributed by atoms with Gasteiger partial charge in [-0.2, -0.15) is 0 Å². The van der Waals surface area contributed by atoms with Gasteiger partial charge < -0.3 is 19.5 Å². The van der Waals surface area contributed by atoms with Crippen molar-refractivity contribution in [1.29, 1.82) is 0 Å². The van der Waals surface area contributed by atoms with E-state index in [0.29, 0.717) is 43.5 Å². The Morgan fingerprint density at radius 2 is 1.75 bits per heavy atom. The standard InChI is InChI=1S/C28H28N2O5S/c31-26(23-7-4-18-36-23)24-25(30(28(33)27(24)32)13-12-29-14-16-34-17-15-29)21-8-10-22(11-9-21)35-19-20-5-2-1-3-6-20/h1-11,18,25,32H,12-17,19H2. The van der Waals surface area contributed by atoms with Gasteiger partial charge in [-0.25, -0.2) is 0 Å². The Labute approximate surface area is 214 Å². The summed E-state index contributed by atoms with van der Waals surface area (Å²) in [5, 5.41) is 12.7. The predicted molar refractivity (Wildman–Crippen MR) is 137 cm³/mol. The van der Waals surface area contributed by atoms with Crippen LogP contribution in [0.25, 0.3) is 0 Å². The smallest absolute Gasteiger partial charge is 0.290 e. The zero-order chi connectivity index (χ0) is 24.9. The Bertz CT molecular complexity index is 1220. The van der Waals surface area contributed by atoms with E-state index in [4.69, 9.17) is 9.47 Å². The molecule has 0 spiro atoms. The second-order valence-corrected chi connectivity index (χ2v) is 9.71. The lowest BCUT2D eigenvalue weighted by Crippen LogP contribution is -2.43. The fourth-order valence-electron chi connectivity index (χ4n) is 4.56. The van der Waals surface area contributed by atoms with Gasteiger partial charge in [0.05, 0.1) is 29.7 Å². The molecule has 1 amide bonds. The van der Waals surface area contributed by atoms with Crippen LogP contribution in [0.1, 0.15) is 26.8 Å². The minimum atomic E-state index is -0.670. The molecule has 0 aliphatic carbocycles. The lowest BCUT2D eigenvalue weighted by molar-refractivity contribution is -0.129. The second-order valence-electron chi connectivity index (χ2n) is 8.77. The summed E-state index contributed by atoms with van der Waals surface area (Å²) < 4.78 is 11.3. The highest BCUT2D eigenvalue weighted by Crippen LogP contribution is 2.39. The Kier molecular flexibility index (Phi) is 7.46. The summed E-state index contributed by atoms with van der Waals surface area (Å²) in [6, 6.07) is 20.1. The zero-order valence-corrected chi connectivity index (χ0v) is 20.7. The van der Waals surface area contributed by atoms with Crippen LogP contribution in [0.15, 0.2) is 83.4 Å². The van der Waals surface area contributed by atoms with Gasteiger partial charge in [0.2, 0.25) is 5.78 Å². The molecule has 5 rings (SSSR count). The predicted octanol–water partition coefficient (Wildman–Crippen LogP) is 4.24. The third-order valence-electron chi connectivity index (χ3n) is 6.50. The fourth-order valence-corrected chi connectivity index (χ4v) is 5.24. The minimum absolute atomic E-state index is 0.127. The third-order valence-corrected chi connectivity index (χ3v) is 7.37. The van der Waals surface area contributed by atoms with E-state index in [2.05, 4.69) is 4.90 Å². The molecule has 1 atom stereocenters. The molecule has 0 bridgehead atoms. The van der Waals surface area contributed by atoms with Crippen molar-refractivity contribution in [2.24, 2.45) is 0 Å². The van der Waals surface area contributed by atoms with Crippen molar-refractivity contribution in [2.45, 2.75) is 12.6 Å². The Morgan fingerprint density at radius 3 is 2.44 bits per heavy atom. The molecule has 0 saturated carbocycles. The van der Waals surface area contributed by atoms with Crippen LogP contribution in [0.3, 0.4) is 0 Å². The average Bonchev–Trinajstić information content (AvgIpc) is 3.55. The fraction of sp³-hybridized carbons (Fsp3) is 0.286. The van der Waals surface area contributed by atoms with Gasteiger partial charge in [-0.3, -0.25) is 14.5 Å². The van der Waals surface area contributed by atoms with Gasteiger partial charge in [0.1, 0.15) is 12.4 Å². The van der Waals surface area contributed by atoms with Crippen LogP contribution in [0.5, 0.6) is 5.75 Å². The highest BCUT2D eigenvalue weighted by atomic mass is 32.1. The van der Waals surface area contributed by atoms with E-state index in [0.717, 1.165) is 24.2 Å². The molecule has 3 heterocycles. The number of benzene rings is 2. The van der Waals surface area contributed by atoms with Crippen LogP contribution in [-0.2, 0) is 16.1 Å². The number of amides is 1. The quantitative estimate of drug-likeness (QED) is 0.439. The lowest BCUT2D eigenvalue weighted by atomic mass is 9.95. The molecule has 1 N–H and O–H groups in total. The van der Waals surface area contributed by atoms with Crippen LogP contribution in [0, 0.1) is 0 Å². The first-order valence-electron chi connectivity index (χ1n) is 12.0. The summed E-state index contributed by atoms with van der Waals surface area (Å²) in [6.45, 7) is 4.37. The molecular formula is C28H28N2O5S. The Hall–Kier alpha value is -3.46. The third kappa shape index (κ3) is 5.21. The summed E-state index contributed by atoms with van der Waals surface area (Å²) >= 11 is 1.30. The van der Waals surface area contributed by atoms with Gasteiger partial charge in [0.25, 0.3) is 5.91 Å². The highest BCUT2D eigenvalue weighted by Gasteiger charge is 2.44. The normalized spacial score (nSPS) is 18.6. The van der Waals surface area contributed by atoms with Crippen LogP contribution in [-0.4, -0.2) is 66.0 Å². The van der Waals surface area contributed by atoms with E-state index < -0.39 is 17.7 Å². The number of rotatable bonds is 9. The maximum absolute atomic E-state index is 13.4. The molecule has 3 aromatic rings. The van der Waals surface area contributed by atoms with Crippen LogP contribution >= 0.6 is 11.3 Å². The van der Waals surface area contributed by atoms with E-state index in [9.17, 15) is 14.7 Å². The van der Waals surface area contributed by atoms with Gasteiger partial charge in [0.15, 0.2) is 5.76 Å². The first-order chi connectivity index (χ1) is 17.6. The summed E-state index contributed by atoms with van der Waals surface area (Å²) in [5.74, 6) is -0.618. The topological polar surface area (TPSA) is 79.3 Å². The number of hydrogen-bond donors (Lipinski definition) is 1. The second kappa shape index (κ2) is 11.1. The number of aliphatic hydroxyl groups is 1. The van der Waals surface area contributed by atoms with Gasteiger partial charge in [-0.05, 0) is 34.7 Å². The maximum atomic E-state index is 13.4. The van der Waals surface area contributed by atoms with Crippen molar-refractivity contribution in [3.63, 3.8) is 0 Å². The van der Waals surface area contributed by atoms with E-state index >= 15 is 0 Å². The SMILES string of the molecule is O=C(C1=C(O)C(=O)N(CCN2CCOCC2)C1c1ccc(OCc2ccccc2)cc1)c1cccs1. The van der Waals surface area contributed by atoms with Crippen molar-refractivity contribution >= 4 is 23.0 Å². The summed E-state index contributed by atoms with van der Waals surface area (Å²) in [7, 11) is 0. The zero-order valence-electron chi connectivity index (χ0n) is 19.8. The van der Waals surface area contributed by atoms with Crippen molar-refractivity contribution in [2.75, 3.05) is 39.4 Å². The van der Waals surface area contributed by atoms with E-state index in [1.54, 1.807) is 17.0 Å². The Morgan fingerprint density at radius 1 is 1.00 bits per heavy atom. The molecule has 7 nitrogen and oxygen atoms in total. The summed E-state index contributed by atoms with van der Waals surface area (Å²) in [5.41, 5.74) is 1.94. The molecule has 1 unspecified atom stereocenters. The molecular weight excluding hydrogens is 476 g/mol. The molecule has 2 aliphatic rings. The molecule has 2 aromatic carbocycles. The number of nitrogens with zero attached hydrogens (tertiary/aromatic N) is 2. The first-order valence-corrected chi connectivity index (χ1v) is 12.9. The number of Topliss-reactive ketones (excluding diaryl/α,β-unsaturated/α-hetero) is 1. The van der Waals surface area contributed by atoms with Gasteiger partial charge in [-0.15, -0.1) is 11.3 Å². The number of ether oxygens (including phenoxy) is 2. The monoisotopic (exact) mass is 504 g/mol. The number of thiophene rings is 1. The number of aliphatic hydroxyl groups excluding tert-OH is 1. The molecule has 1 fully saturated rings. The number of carbonyl (C=O) groups excluding carboxylic acids is 2. The minimum Gasteiger partial charge on any atom is -0.503 e. The van der Waals surface area contributed by atoms with Crippen molar-refractivity contribution in [1.82, 2.24) is 9.80 Å². The number of hydrogen-bond acceptors (Lipinski definition) is 7. The van der Waals surface area contributed by atoms with E-state index in [1.165, 1.54) is 11.3 Å². The molecule has 186 valence electrons. The molecule has 8 heteroatoms. The molecule has 0 radical (unpaired) electrons. The van der Waals surface area contributed by atoms with Crippen molar-refractivity contribution < 1.29 is 24.2 Å². The van der Waals surface area contributed by atoms with Crippen LogP contribution in [0.4, 0.5) is 0 Å². The first kappa shape index (κ1) is 24.2. The van der Waals surface area contributed by atoms with E-state index in [1.807, 2.05) is 60.0 Å². The molecule has 1 saturated heterocycles. The number of morpholine rings is 1. The summed E-state index contributed by atoms with van der Waals surface area (Å²) in [6.07, 6.45) is 0. The number of ketones is 1. The molecule has 36 heavy (non-hydrogen) atoms. The lowest BCUT2D eigenvalue weighted by Gasteiger charge is -2.31. The van der Waals surface area contributed by atoms with Crippen molar-refractivity contribution in [3.05, 3.63) is 99.4 Å².